The van der Waals surface area contributed by atoms with E-state index in [-0.39, 0.29) is 12.4 Å². The van der Waals surface area contributed by atoms with Gasteiger partial charge in [0.1, 0.15) is 6.54 Å². The van der Waals surface area contributed by atoms with E-state index in [1.807, 2.05) is 30.3 Å². The SMILES string of the molecule is O=C(O)Cn1c(O)cn(Cc2ccccc2)c1=S. The van der Waals surface area contributed by atoms with E-state index in [9.17, 15) is 9.90 Å². The molecule has 0 saturated heterocycles. The highest BCUT2D eigenvalue weighted by atomic mass is 32.1. The summed E-state index contributed by atoms with van der Waals surface area (Å²) >= 11 is 5.13. The van der Waals surface area contributed by atoms with Crippen molar-refractivity contribution in [2.75, 3.05) is 0 Å². The molecule has 0 amide bonds. The number of imidazole rings is 1. The third-order valence-electron chi connectivity index (χ3n) is 2.51. The van der Waals surface area contributed by atoms with Crippen LogP contribution >= 0.6 is 12.2 Å². The Morgan fingerprint density at radius 3 is 2.56 bits per heavy atom. The standard InChI is InChI=1S/C12H12N2O3S/c15-10-7-13(6-9-4-2-1-3-5-9)12(18)14(10)8-11(16)17/h1-5,7,15H,6,8H2,(H,16,17). The lowest BCUT2D eigenvalue weighted by atomic mass is 10.2. The van der Waals surface area contributed by atoms with E-state index in [1.54, 1.807) is 4.57 Å². The summed E-state index contributed by atoms with van der Waals surface area (Å²) in [5.41, 5.74) is 1.03. The van der Waals surface area contributed by atoms with E-state index in [0.29, 0.717) is 11.3 Å². The molecular weight excluding hydrogens is 252 g/mol. The van der Waals surface area contributed by atoms with Crippen molar-refractivity contribution in [3.05, 3.63) is 46.9 Å². The second-order valence-corrected chi connectivity index (χ2v) is 4.23. The summed E-state index contributed by atoms with van der Waals surface area (Å²) in [6, 6.07) is 9.61. The average molecular weight is 264 g/mol. The molecular formula is C12H12N2O3S. The van der Waals surface area contributed by atoms with Gasteiger partial charge in [0.25, 0.3) is 0 Å². The number of carbonyl (C=O) groups is 1. The third kappa shape index (κ3) is 2.60. The van der Waals surface area contributed by atoms with Crippen molar-refractivity contribution in [2.45, 2.75) is 13.1 Å². The molecule has 0 spiro atoms. The van der Waals surface area contributed by atoms with Gasteiger partial charge in [0.05, 0.1) is 6.20 Å². The molecule has 2 N–H and O–H groups in total. The first-order chi connectivity index (χ1) is 8.58. The molecule has 0 aliphatic heterocycles. The topological polar surface area (TPSA) is 67.4 Å². The molecule has 0 saturated carbocycles. The Labute approximate surface area is 109 Å². The van der Waals surface area contributed by atoms with Gasteiger partial charge in [-0.3, -0.25) is 9.36 Å². The van der Waals surface area contributed by atoms with Crippen molar-refractivity contribution >= 4 is 18.2 Å². The fourth-order valence-corrected chi connectivity index (χ4v) is 1.97. The molecule has 0 unspecified atom stereocenters. The largest absolute Gasteiger partial charge is 0.493 e. The van der Waals surface area contributed by atoms with E-state index < -0.39 is 5.97 Å². The number of nitrogens with zero attached hydrogens (tertiary/aromatic N) is 2. The highest BCUT2D eigenvalue weighted by molar-refractivity contribution is 7.71. The highest BCUT2D eigenvalue weighted by Gasteiger charge is 2.10. The zero-order valence-corrected chi connectivity index (χ0v) is 10.3. The van der Waals surface area contributed by atoms with Crippen LogP contribution in [0.2, 0.25) is 0 Å². The van der Waals surface area contributed by atoms with Crippen LogP contribution in [0.25, 0.3) is 0 Å². The minimum absolute atomic E-state index is 0.140. The van der Waals surface area contributed by atoms with Gasteiger partial charge in [-0.25, -0.2) is 0 Å². The predicted molar refractivity (Wildman–Crippen MR) is 68.1 cm³/mol. The van der Waals surface area contributed by atoms with Crippen LogP contribution in [0.1, 0.15) is 5.56 Å². The highest BCUT2D eigenvalue weighted by Crippen LogP contribution is 2.14. The molecule has 18 heavy (non-hydrogen) atoms. The van der Waals surface area contributed by atoms with E-state index >= 15 is 0 Å². The first-order valence-corrected chi connectivity index (χ1v) is 5.73. The molecule has 0 atom stereocenters. The van der Waals surface area contributed by atoms with Crippen LogP contribution in [-0.4, -0.2) is 25.3 Å². The van der Waals surface area contributed by atoms with Crippen molar-refractivity contribution in [3.8, 4) is 5.88 Å². The lowest BCUT2D eigenvalue weighted by molar-refractivity contribution is -0.137. The fourth-order valence-electron chi connectivity index (χ4n) is 1.69. The summed E-state index contributed by atoms with van der Waals surface area (Å²) < 4.78 is 3.11. The second-order valence-electron chi connectivity index (χ2n) is 3.86. The number of rotatable bonds is 4. The van der Waals surface area contributed by atoms with Gasteiger partial charge < -0.3 is 14.8 Å². The first-order valence-electron chi connectivity index (χ1n) is 5.32. The Hall–Kier alpha value is -2.08. The van der Waals surface area contributed by atoms with Crippen molar-refractivity contribution in [1.82, 2.24) is 9.13 Å². The normalized spacial score (nSPS) is 10.4. The van der Waals surface area contributed by atoms with Gasteiger partial charge in [0, 0.05) is 6.54 Å². The minimum Gasteiger partial charge on any atom is -0.493 e. The maximum absolute atomic E-state index is 10.7. The van der Waals surface area contributed by atoms with Crippen molar-refractivity contribution in [1.29, 1.82) is 0 Å². The summed E-state index contributed by atoms with van der Waals surface area (Å²) in [4.78, 5) is 10.7. The molecule has 1 aromatic heterocycles. The maximum Gasteiger partial charge on any atom is 0.323 e. The Balaban J connectivity index is 2.30. The Kier molecular flexibility index (Phi) is 3.47. The Bertz CT molecular complexity index is 616. The lowest BCUT2D eigenvalue weighted by Gasteiger charge is -2.02. The molecule has 94 valence electrons. The van der Waals surface area contributed by atoms with Crippen LogP contribution < -0.4 is 0 Å². The fraction of sp³-hybridized carbons (Fsp3) is 0.167. The molecule has 0 fully saturated rings. The van der Waals surface area contributed by atoms with Gasteiger partial charge in [-0.1, -0.05) is 30.3 Å². The van der Waals surface area contributed by atoms with Crippen molar-refractivity contribution in [2.24, 2.45) is 0 Å². The Morgan fingerprint density at radius 2 is 1.94 bits per heavy atom. The van der Waals surface area contributed by atoms with E-state index in [0.717, 1.165) is 5.56 Å². The number of aromatic hydroxyl groups is 1. The van der Waals surface area contributed by atoms with Crippen LogP contribution in [0.5, 0.6) is 5.88 Å². The number of aliphatic carboxylic acids is 1. The van der Waals surface area contributed by atoms with Gasteiger partial charge >= 0.3 is 5.97 Å². The average Bonchev–Trinajstić information content (AvgIpc) is 2.58. The molecule has 0 bridgehead atoms. The summed E-state index contributed by atoms with van der Waals surface area (Å²) in [7, 11) is 0. The molecule has 6 heteroatoms. The van der Waals surface area contributed by atoms with Crippen molar-refractivity contribution < 1.29 is 15.0 Å². The van der Waals surface area contributed by atoms with E-state index in [1.165, 1.54) is 10.8 Å². The van der Waals surface area contributed by atoms with Gasteiger partial charge in [-0.2, -0.15) is 0 Å². The number of hydrogen-bond acceptors (Lipinski definition) is 3. The third-order valence-corrected chi connectivity index (χ3v) is 2.97. The summed E-state index contributed by atoms with van der Waals surface area (Å²) in [6.07, 6.45) is 1.44. The maximum atomic E-state index is 10.7. The van der Waals surface area contributed by atoms with Gasteiger partial charge in [-0.15, -0.1) is 0 Å². The van der Waals surface area contributed by atoms with Gasteiger partial charge in [0.2, 0.25) is 5.88 Å². The van der Waals surface area contributed by atoms with Crippen LogP contribution in [0.15, 0.2) is 36.5 Å². The van der Waals surface area contributed by atoms with Crippen molar-refractivity contribution in [3.63, 3.8) is 0 Å². The van der Waals surface area contributed by atoms with Crippen LogP contribution in [0.4, 0.5) is 0 Å². The molecule has 1 heterocycles. The summed E-state index contributed by atoms with van der Waals surface area (Å²) in [6.45, 7) is 0.159. The van der Waals surface area contributed by atoms with E-state index in [2.05, 4.69) is 0 Å². The number of hydrogen-bond donors (Lipinski definition) is 2. The van der Waals surface area contributed by atoms with Gasteiger partial charge in [0.15, 0.2) is 4.77 Å². The number of carboxylic acid groups (broad SMARTS) is 1. The minimum atomic E-state index is -1.04. The smallest absolute Gasteiger partial charge is 0.323 e. The number of carboxylic acids is 1. The van der Waals surface area contributed by atoms with Crippen LogP contribution in [0, 0.1) is 4.77 Å². The number of benzene rings is 1. The molecule has 2 aromatic rings. The molecule has 2 rings (SSSR count). The second kappa shape index (κ2) is 5.05. The molecule has 5 nitrogen and oxygen atoms in total. The zero-order chi connectivity index (χ0) is 13.1. The predicted octanol–water partition coefficient (Wildman–Crippen LogP) is 1.86. The number of aromatic nitrogens is 2. The Morgan fingerprint density at radius 1 is 1.28 bits per heavy atom. The summed E-state index contributed by atoms with van der Waals surface area (Å²) in [5, 5.41) is 18.4. The lowest BCUT2D eigenvalue weighted by Crippen LogP contribution is -2.09. The zero-order valence-electron chi connectivity index (χ0n) is 9.48. The summed E-state index contributed by atoms with van der Waals surface area (Å²) in [5.74, 6) is -1.18. The molecule has 0 aliphatic rings. The van der Waals surface area contributed by atoms with Crippen LogP contribution in [0.3, 0.4) is 0 Å². The first kappa shape index (κ1) is 12.4. The van der Waals surface area contributed by atoms with Gasteiger partial charge in [-0.05, 0) is 17.8 Å². The van der Waals surface area contributed by atoms with Crippen LogP contribution in [-0.2, 0) is 17.9 Å². The quantitative estimate of drug-likeness (QED) is 0.827. The monoisotopic (exact) mass is 264 g/mol. The van der Waals surface area contributed by atoms with E-state index in [4.69, 9.17) is 17.3 Å². The molecule has 0 radical (unpaired) electrons. The molecule has 0 aliphatic carbocycles. The molecule has 1 aromatic carbocycles.